The molecule has 5 heteroatoms. The van der Waals surface area contributed by atoms with Crippen molar-refractivity contribution in [1.29, 1.82) is 0 Å². The van der Waals surface area contributed by atoms with E-state index in [2.05, 4.69) is 11.6 Å². The third kappa shape index (κ3) is 4.30. The minimum atomic E-state index is -3.28. The van der Waals surface area contributed by atoms with Crippen LogP contribution < -0.4 is 10.5 Å². The Morgan fingerprint density at radius 3 is 2.65 bits per heavy atom. The molecule has 20 heavy (non-hydrogen) atoms. The normalized spacial score (nSPS) is 23.7. The van der Waals surface area contributed by atoms with Crippen molar-refractivity contribution < 1.29 is 8.42 Å². The minimum Gasteiger partial charge on any atom is -0.326 e. The van der Waals surface area contributed by atoms with Gasteiger partial charge in [0.2, 0.25) is 10.0 Å². The van der Waals surface area contributed by atoms with E-state index in [9.17, 15) is 8.42 Å². The Morgan fingerprint density at radius 2 is 1.95 bits per heavy atom. The lowest BCUT2D eigenvalue weighted by Crippen LogP contribution is -2.41. The van der Waals surface area contributed by atoms with Gasteiger partial charge in [-0.15, -0.1) is 0 Å². The van der Waals surface area contributed by atoms with E-state index in [4.69, 9.17) is 5.73 Å². The molecule has 0 heterocycles. The maximum atomic E-state index is 12.3. The molecule has 1 saturated carbocycles. The summed E-state index contributed by atoms with van der Waals surface area (Å²) in [5.41, 5.74) is 7.34. The van der Waals surface area contributed by atoms with E-state index in [-0.39, 0.29) is 11.8 Å². The number of hydrogen-bond donors (Lipinski definition) is 2. The molecule has 2 atom stereocenters. The van der Waals surface area contributed by atoms with E-state index in [0.717, 1.165) is 30.4 Å². The first-order valence-corrected chi connectivity index (χ1v) is 8.93. The zero-order valence-corrected chi connectivity index (χ0v) is 12.8. The Kier molecular flexibility index (Phi) is 5.18. The van der Waals surface area contributed by atoms with Crippen LogP contribution in [0, 0.1) is 5.92 Å². The van der Waals surface area contributed by atoms with Crippen molar-refractivity contribution in [2.24, 2.45) is 11.7 Å². The molecular weight excluding hydrogens is 272 g/mol. The fourth-order valence-electron chi connectivity index (χ4n) is 2.83. The first kappa shape index (κ1) is 15.5. The molecule has 0 bridgehead atoms. The smallest absolute Gasteiger partial charge is 0.216 e. The molecule has 0 amide bonds. The quantitative estimate of drug-likeness (QED) is 0.874. The summed E-state index contributed by atoms with van der Waals surface area (Å²) >= 11 is 0. The third-order valence-corrected chi connectivity index (χ3v) is 5.40. The maximum Gasteiger partial charge on any atom is 0.216 e. The van der Waals surface area contributed by atoms with Crippen molar-refractivity contribution in [3.05, 3.63) is 35.4 Å². The Labute approximate surface area is 121 Å². The monoisotopic (exact) mass is 296 g/mol. The topological polar surface area (TPSA) is 72.2 Å². The number of benzene rings is 1. The molecule has 1 aromatic carbocycles. The molecule has 4 nitrogen and oxygen atoms in total. The van der Waals surface area contributed by atoms with Crippen molar-refractivity contribution >= 4 is 10.0 Å². The summed E-state index contributed by atoms with van der Waals surface area (Å²) in [6.45, 7) is 2.56. The summed E-state index contributed by atoms with van der Waals surface area (Å²) in [6.07, 6.45) is 4.37. The highest BCUT2D eigenvalue weighted by Crippen LogP contribution is 2.24. The zero-order chi connectivity index (χ0) is 14.6. The molecule has 3 N–H and O–H groups in total. The van der Waals surface area contributed by atoms with Crippen LogP contribution in [0.25, 0.3) is 0 Å². The Balaban J connectivity index is 2.02. The lowest BCUT2D eigenvalue weighted by Gasteiger charge is -2.29. The summed E-state index contributed by atoms with van der Waals surface area (Å²) < 4.78 is 27.4. The molecule has 0 aliphatic heterocycles. The van der Waals surface area contributed by atoms with Gasteiger partial charge in [-0.05, 0) is 29.9 Å². The average Bonchev–Trinajstić information content (AvgIpc) is 2.41. The molecule has 0 aromatic heterocycles. The predicted octanol–water partition coefficient (Wildman–Crippen LogP) is 2.14. The second-order valence-electron chi connectivity index (χ2n) is 5.77. The van der Waals surface area contributed by atoms with Crippen LogP contribution in [0.1, 0.15) is 43.7 Å². The lowest BCUT2D eigenvalue weighted by molar-refractivity contribution is 0.310. The summed E-state index contributed by atoms with van der Waals surface area (Å²) in [6, 6.07) is 7.56. The summed E-state index contributed by atoms with van der Waals surface area (Å²) in [7, 11) is -3.28. The largest absolute Gasteiger partial charge is 0.326 e. The fraction of sp³-hybridized carbons (Fsp3) is 0.600. The van der Waals surface area contributed by atoms with Crippen LogP contribution in [0.4, 0.5) is 0 Å². The summed E-state index contributed by atoms with van der Waals surface area (Å²) in [5, 5.41) is 0. The van der Waals surface area contributed by atoms with Gasteiger partial charge in [0.25, 0.3) is 0 Å². The van der Waals surface area contributed by atoms with Crippen LogP contribution >= 0.6 is 0 Å². The van der Waals surface area contributed by atoms with Gasteiger partial charge >= 0.3 is 0 Å². The average molecular weight is 296 g/mol. The molecule has 1 aromatic rings. The van der Waals surface area contributed by atoms with Crippen LogP contribution in [-0.4, -0.2) is 14.5 Å². The maximum absolute atomic E-state index is 12.3. The third-order valence-electron chi connectivity index (χ3n) is 4.03. The van der Waals surface area contributed by atoms with Crippen LogP contribution in [0.3, 0.4) is 0 Å². The summed E-state index contributed by atoms with van der Waals surface area (Å²) in [4.78, 5) is 0. The summed E-state index contributed by atoms with van der Waals surface area (Å²) in [5.74, 6) is 0.457. The number of hydrogen-bond acceptors (Lipinski definition) is 3. The van der Waals surface area contributed by atoms with Crippen LogP contribution in [0.5, 0.6) is 0 Å². The molecule has 1 fully saturated rings. The van der Waals surface area contributed by atoms with Crippen LogP contribution in [0.15, 0.2) is 24.3 Å². The van der Waals surface area contributed by atoms with Gasteiger partial charge in [-0.3, -0.25) is 0 Å². The van der Waals surface area contributed by atoms with E-state index >= 15 is 0 Å². The molecule has 0 radical (unpaired) electrons. The first-order chi connectivity index (χ1) is 9.50. The highest BCUT2D eigenvalue weighted by atomic mass is 32.2. The molecule has 112 valence electrons. The molecule has 1 aliphatic rings. The van der Waals surface area contributed by atoms with Gasteiger partial charge in [0, 0.05) is 12.6 Å². The molecular formula is C15H24N2O2S. The number of sulfonamides is 1. The highest BCUT2D eigenvalue weighted by Gasteiger charge is 2.25. The van der Waals surface area contributed by atoms with Crippen molar-refractivity contribution in [1.82, 2.24) is 4.72 Å². The highest BCUT2D eigenvalue weighted by molar-refractivity contribution is 7.88. The van der Waals surface area contributed by atoms with E-state index in [1.165, 1.54) is 6.42 Å². The molecule has 1 aliphatic carbocycles. The molecule has 0 spiro atoms. The number of nitrogens with two attached hydrogens (primary N) is 1. The molecule has 2 unspecified atom stereocenters. The fourth-order valence-corrected chi connectivity index (χ4v) is 4.34. The van der Waals surface area contributed by atoms with Gasteiger partial charge in [-0.2, -0.15) is 0 Å². The van der Waals surface area contributed by atoms with Gasteiger partial charge in [0.05, 0.1) is 5.75 Å². The van der Waals surface area contributed by atoms with E-state index in [0.29, 0.717) is 12.5 Å². The van der Waals surface area contributed by atoms with Crippen LogP contribution in [-0.2, 0) is 22.3 Å². The standard InChI is InChI=1S/C15H24N2O2S/c1-12-5-2-3-8-15(12)17-20(18,19)11-14-7-4-6-13(9-14)10-16/h4,6-7,9,12,15,17H,2-3,5,8,10-11,16H2,1H3. The number of nitrogens with one attached hydrogen (secondary N) is 1. The number of rotatable bonds is 5. The van der Waals surface area contributed by atoms with Crippen molar-refractivity contribution in [3.8, 4) is 0 Å². The van der Waals surface area contributed by atoms with Gasteiger partial charge in [0.15, 0.2) is 0 Å². The zero-order valence-electron chi connectivity index (χ0n) is 12.0. The van der Waals surface area contributed by atoms with Crippen LogP contribution in [0.2, 0.25) is 0 Å². The lowest BCUT2D eigenvalue weighted by atomic mass is 9.87. The predicted molar refractivity (Wildman–Crippen MR) is 81.5 cm³/mol. The van der Waals surface area contributed by atoms with E-state index in [1.807, 2.05) is 24.3 Å². The van der Waals surface area contributed by atoms with Crippen molar-refractivity contribution in [2.75, 3.05) is 0 Å². The molecule has 0 saturated heterocycles. The van der Waals surface area contributed by atoms with Crippen molar-refractivity contribution in [3.63, 3.8) is 0 Å². The Bertz CT molecular complexity index is 543. The van der Waals surface area contributed by atoms with Gasteiger partial charge in [-0.25, -0.2) is 13.1 Å². The minimum absolute atomic E-state index is 0.0318. The van der Waals surface area contributed by atoms with Gasteiger partial charge in [-0.1, -0.05) is 44.0 Å². The Hall–Kier alpha value is -0.910. The van der Waals surface area contributed by atoms with Gasteiger partial charge in [0.1, 0.15) is 0 Å². The molecule has 2 rings (SSSR count). The SMILES string of the molecule is CC1CCCCC1NS(=O)(=O)Cc1cccc(CN)c1. The van der Waals surface area contributed by atoms with Crippen molar-refractivity contribution in [2.45, 2.75) is 50.9 Å². The Morgan fingerprint density at radius 1 is 1.25 bits per heavy atom. The van der Waals surface area contributed by atoms with E-state index in [1.54, 1.807) is 0 Å². The second kappa shape index (κ2) is 6.70. The second-order valence-corrected chi connectivity index (χ2v) is 7.52. The van der Waals surface area contributed by atoms with E-state index < -0.39 is 10.0 Å². The first-order valence-electron chi connectivity index (χ1n) is 7.28. The van der Waals surface area contributed by atoms with Gasteiger partial charge < -0.3 is 5.73 Å².